The molecule has 1 aromatic rings. The summed E-state index contributed by atoms with van der Waals surface area (Å²) in [6, 6.07) is 12.4. The lowest BCUT2D eigenvalue weighted by Gasteiger charge is -2.42. The second kappa shape index (κ2) is 8.52. The Kier molecular flexibility index (Phi) is 6.68. The average molecular weight is 290 g/mol. The van der Waals surface area contributed by atoms with Gasteiger partial charge < -0.3 is 10.4 Å². The zero-order chi connectivity index (χ0) is 15.1. The van der Waals surface area contributed by atoms with Crippen LogP contribution in [0, 0.1) is 0 Å². The lowest BCUT2D eigenvalue weighted by Crippen LogP contribution is -2.54. The molecule has 2 N–H and O–H groups in total. The van der Waals surface area contributed by atoms with E-state index < -0.39 is 0 Å². The third kappa shape index (κ3) is 4.80. The van der Waals surface area contributed by atoms with Gasteiger partial charge in [0.05, 0.1) is 6.61 Å². The maximum Gasteiger partial charge on any atom is 0.0556 e. The van der Waals surface area contributed by atoms with E-state index in [0.29, 0.717) is 24.7 Å². The summed E-state index contributed by atoms with van der Waals surface area (Å²) in [6.07, 6.45) is 5.10. The first-order chi connectivity index (χ1) is 10.2. The van der Waals surface area contributed by atoms with Crippen molar-refractivity contribution in [3.63, 3.8) is 0 Å². The molecule has 0 heterocycles. The molecule has 3 nitrogen and oxygen atoms in total. The van der Waals surface area contributed by atoms with Crippen LogP contribution in [0.1, 0.15) is 45.1 Å². The van der Waals surface area contributed by atoms with E-state index in [9.17, 15) is 0 Å². The van der Waals surface area contributed by atoms with Crippen molar-refractivity contribution in [2.24, 2.45) is 0 Å². The lowest BCUT2D eigenvalue weighted by molar-refractivity contribution is 0.0822. The standard InChI is InChI=1S/C18H30N2O/c1-15(2)20(14-16-8-4-3-5-9-16)18-11-7-6-10-17(18)19-12-13-21/h3-5,8-9,15,17-19,21H,6-7,10-14H2,1-2H3/t17-,18-/m0/s1. The van der Waals surface area contributed by atoms with Crippen LogP contribution >= 0.6 is 0 Å². The monoisotopic (exact) mass is 290 g/mol. The topological polar surface area (TPSA) is 35.5 Å². The van der Waals surface area contributed by atoms with E-state index >= 15 is 0 Å². The van der Waals surface area contributed by atoms with E-state index in [4.69, 9.17) is 5.11 Å². The van der Waals surface area contributed by atoms with Crippen molar-refractivity contribution in [1.82, 2.24) is 10.2 Å². The molecule has 3 heteroatoms. The van der Waals surface area contributed by atoms with Gasteiger partial charge in [0, 0.05) is 31.2 Å². The summed E-state index contributed by atoms with van der Waals surface area (Å²) in [5.41, 5.74) is 1.39. The zero-order valence-corrected chi connectivity index (χ0v) is 13.5. The second-order valence-electron chi connectivity index (χ2n) is 6.39. The lowest BCUT2D eigenvalue weighted by atomic mass is 9.88. The fourth-order valence-corrected chi connectivity index (χ4v) is 3.47. The Hall–Kier alpha value is -0.900. The summed E-state index contributed by atoms with van der Waals surface area (Å²) in [7, 11) is 0. The van der Waals surface area contributed by atoms with Crippen LogP contribution in [0.25, 0.3) is 0 Å². The van der Waals surface area contributed by atoms with Crippen molar-refractivity contribution in [2.75, 3.05) is 13.2 Å². The first-order valence-electron chi connectivity index (χ1n) is 8.36. The highest BCUT2D eigenvalue weighted by atomic mass is 16.3. The molecule has 2 rings (SSSR count). The molecule has 0 spiro atoms. The normalized spacial score (nSPS) is 22.9. The smallest absolute Gasteiger partial charge is 0.0556 e. The maximum atomic E-state index is 9.09. The average Bonchev–Trinajstić information content (AvgIpc) is 2.52. The fraction of sp³-hybridized carbons (Fsp3) is 0.667. The molecule has 0 amide bonds. The molecule has 1 fully saturated rings. The largest absolute Gasteiger partial charge is 0.395 e. The number of hydrogen-bond acceptors (Lipinski definition) is 3. The minimum absolute atomic E-state index is 0.226. The van der Waals surface area contributed by atoms with Crippen LogP contribution in [0.3, 0.4) is 0 Å². The molecule has 0 unspecified atom stereocenters. The van der Waals surface area contributed by atoms with E-state index in [0.717, 1.165) is 6.54 Å². The van der Waals surface area contributed by atoms with Crippen molar-refractivity contribution in [2.45, 2.75) is 64.2 Å². The Balaban J connectivity index is 2.07. The number of aliphatic hydroxyl groups excluding tert-OH is 1. The van der Waals surface area contributed by atoms with Gasteiger partial charge in [0.1, 0.15) is 0 Å². The highest BCUT2D eigenvalue weighted by molar-refractivity contribution is 5.15. The Morgan fingerprint density at radius 2 is 1.90 bits per heavy atom. The van der Waals surface area contributed by atoms with E-state index in [2.05, 4.69) is 54.4 Å². The number of aliphatic hydroxyl groups is 1. The number of benzene rings is 1. The van der Waals surface area contributed by atoms with Crippen LogP contribution in [-0.4, -0.2) is 41.3 Å². The van der Waals surface area contributed by atoms with Crippen molar-refractivity contribution in [3.05, 3.63) is 35.9 Å². The van der Waals surface area contributed by atoms with Crippen molar-refractivity contribution in [1.29, 1.82) is 0 Å². The number of nitrogens with one attached hydrogen (secondary N) is 1. The van der Waals surface area contributed by atoms with E-state index in [1.807, 2.05) is 0 Å². The summed E-state index contributed by atoms with van der Waals surface area (Å²) in [5, 5.41) is 12.6. The molecule has 0 aliphatic heterocycles. The summed E-state index contributed by atoms with van der Waals surface area (Å²) >= 11 is 0. The molecular formula is C18H30N2O. The van der Waals surface area contributed by atoms with E-state index in [-0.39, 0.29) is 6.61 Å². The highest BCUT2D eigenvalue weighted by Gasteiger charge is 2.31. The minimum Gasteiger partial charge on any atom is -0.395 e. The molecule has 21 heavy (non-hydrogen) atoms. The van der Waals surface area contributed by atoms with Crippen LogP contribution in [0.2, 0.25) is 0 Å². The first-order valence-corrected chi connectivity index (χ1v) is 8.36. The summed E-state index contributed by atoms with van der Waals surface area (Å²) in [5.74, 6) is 0. The number of hydrogen-bond donors (Lipinski definition) is 2. The second-order valence-corrected chi connectivity index (χ2v) is 6.39. The summed E-state index contributed by atoms with van der Waals surface area (Å²) < 4.78 is 0. The molecule has 1 saturated carbocycles. The Morgan fingerprint density at radius 1 is 1.19 bits per heavy atom. The predicted molar refractivity (Wildman–Crippen MR) is 88.3 cm³/mol. The zero-order valence-electron chi connectivity index (χ0n) is 13.5. The molecule has 1 aliphatic carbocycles. The van der Waals surface area contributed by atoms with Gasteiger partial charge in [-0.1, -0.05) is 43.2 Å². The third-order valence-electron chi connectivity index (χ3n) is 4.55. The molecular weight excluding hydrogens is 260 g/mol. The highest BCUT2D eigenvalue weighted by Crippen LogP contribution is 2.26. The molecule has 0 saturated heterocycles. The number of rotatable bonds is 7. The molecule has 1 aromatic carbocycles. The number of nitrogens with zero attached hydrogens (tertiary/aromatic N) is 1. The van der Waals surface area contributed by atoms with Crippen molar-refractivity contribution in [3.8, 4) is 0 Å². The van der Waals surface area contributed by atoms with Gasteiger partial charge in [0.15, 0.2) is 0 Å². The summed E-state index contributed by atoms with van der Waals surface area (Å²) in [6.45, 7) is 6.53. The molecule has 2 atom stereocenters. The van der Waals surface area contributed by atoms with Crippen molar-refractivity contribution >= 4 is 0 Å². The molecule has 0 aromatic heterocycles. The molecule has 118 valence electrons. The Labute approximate surface area is 129 Å². The predicted octanol–water partition coefficient (Wildman–Crippen LogP) is 2.79. The van der Waals surface area contributed by atoms with Crippen LogP contribution in [0.5, 0.6) is 0 Å². The van der Waals surface area contributed by atoms with Gasteiger partial charge in [-0.3, -0.25) is 4.90 Å². The van der Waals surface area contributed by atoms with Gasteiger partial charge in [0.25, 0.3) is 0 Å². The van der Waals surface area contributed by atoms with Gasteiger partial charge in [-0.25, -0.2) is 0 Å². The van der Waals surface area contributed by atoms with Gasteiger partial charge >= 0.3 is 0 Å². The maximum absolute atomic E-state index is 9.09. The Bertz CT molecular complexity index is 393. The van der Waals surface area contributed by atoms with Crippen LogP contribution in [-0.2, 0) is 6.54 Å². The fourth-order valence-electron chi connectivity index (χ4n) is 3.47. The van der Waals surface area contributed by atoms with Crippen LogP contribution in [0.4, 0.5) is 0 Å². The van der Waals surface area contributed by atoms with Crippen LogP contribution < -0.4 is 5.32 Å². The minimum atomic E-state index is 0.226. The van der Waals surface area contributed by atoms with Gasteiger partial charge in [-0.2, -0.15) is 0 Å². The quantitative estimate of drug-likeness (QED) is 0.810. The van der Waals surface area contributed by atoms with Crippen molar-refractivity contribution < 1.29 is 5.11 Å². The van der Waals surface area contributed by atoms with E-state index in [1.165, 1.54) is 31.2 Å². The van der Waals surface area contributed by atoms with Gasteiger partial charge in [0.2, 0.25) is 0 Å². The molecule has 1 aliphatic rings. The van der Waals surface area contributed by atoms with Gasteiger partial charge in [-0.05, 0) is 32.3 Å². The molecule has 0 radical (unpaired) electrons. The Morgan fingerprint density at radius 3 is 2.57 bits per heavy atom. The summed E-state index contributed by atoms with van der Waals surface area (Å²) in [4.78, 5) is 2.63. The SMILES string of the molecule is CC(C)N(Cc1ccccc1)[C@H]1CCCC[C@@H]1NCCO. The van der Waals surface area contributed by atoms with E-state index in [1.54, 1.807) is 0 Å². The third-order valence-corrected chi connectivity index (χ3v) is 4.55. The first kappa shape index (κ1) is 16.5. The van der Waals surface area contributed by atoms with Crippen LogP contribution in [0.15, 0.2) is 30.3 Å². The van der Waals surface area contributed by atoms with Gasteiger partial charge in [-0.15, -0.1) is 0 Å². The molecule has 0 bridgehead atoms.